The zero-order valence-corrected chi connectivity index (χ0v) is 20.0. The lowest BCUT2D eigenvalue weighted by Crippen LogP contribution is -2.29. The van der Waals surface area contributed by atoms with Gasteiger partial charge in [-0.1, -0.05) is 24.3 Å². The minimum Gasteiger partial charge on any atom is -0.426 e. The molecule has 2 aliphatic heterocycles. The zero-order valence-electron chi connectivity index (χ0n) is 20.0. The molecule has 3 amide bonds. The first-order valence-electron chi connectivity index (χ1n) is 11.5. The number of nitro benzene ring substituents is 1. The molecule has 1 atom stereocenters. The van der Waals surface area contributed by atoms with Gasteiger partial charge in [-0.3, -0.25) is 29.3 Å². The van der Waals surface area contributed by atoms with Gasteiger partial charge >= 0.3 is 5.97 Å². The van der Waals surface area contributed by atoms with Gasteiger partial charge in [0.2, 0.25) is 5.91 Å². The number of hydrogen-bond donors (Lipinski definition) is 0. The molecule has 186 valence electrons. The minimum atomic E-state index is -0.832. The van der Waals surface area contributed by atoms with Gasteiger partial charge in [0.1, 0.15) is 11.3 Å². The highest BCUT2D eigenvalue weighted by molar-refractivity contribution is 6.35. The van der Waals surface area contributed by atoms with E-state index in [2.05, 4.69) is 0 Å². The van der Waals surface area contributed by atoms with Crippen molar-refractivity contribution in [3.8, 4) is 5.75 Å². The molecule has 3 aromatic rings. The van der Waals surface area contributed by atoms with Crippen molar-refractivity contribution >= 4 is 40.8 Å². The van der Waals surface area contributed by atoms with E-state index in [1.54, 1.807) is 4.90 Å². The number of benzene rings is 3. The van der Waals surface area contributed by atoms with E-state index in [-0.39, 0.29) is 41.4 Å². The van der Waals surface area contributed by atoms with E-state index in [0.717, 1.165) is 27.8 Å². The maximum Gasteiger partial charge on any atom is 0.316 e. The summed E-state index contributed by atoms with van der Waals surface area (Å²) in [6.45, 7) is 3.99. The molecule has 0 spiro atoms. The Labute approximate surface area is 211 Å². The number of carbonyl (C=O) groups is 4. The highest BCUT2D eigenvalue weighted by Gasteiger charge is 2.42. The number of fused-ring (bicyclic) bond motifs is 1. The van der Waals surface area contributed by atoms with Crippen LogP contribution >= 0.6 is 0 Å². The maximum absolute atomic E-state index is 13.0. The number of nitrogens with zero attached hydrogens (tertiary/aromatic N) is 3. The SMILES string of the molecule is Cc1ccc(C)c(N2C[C@@H](C(=O)Oc3cccc(N4C(=O)c5cccc([N+](=O)[O-])c5C4=O)c3)CC2=O)c1. The number of imide groups is 1. The number of rotatable bonds is 5. The molecule has 3 aromatic carbocycles. The van der Waals surface area contributed by atoms with Gasteiger partial charge in [-0.15, -0.1) is 0 Å². The van der Waals surface area contributed by atoms with Crippen molar-refractivity contribution in [2.45, 2.75) is 20.3 Å². The molecule has 0 N–H and O–H groups in total. The molecular formula is C27H21N3O7. The molecule has 1 fully saturated rings. The van der Waals surface area contributed by atoms with Gasteiger partial charge in [0.25, 0.3) is 17.5 Å². The summed E-state index contributed by atoms with van der Waals surface area (Å²) in [7, 11) is 0. The Morgan fingerprint density at radius 1 is 1.00 bits per heavy atom. The quantitative estimate of drug-likeness (QED) is 0.171. The number of hydrogen-bond acceptors (Lipinski definition) is 7. The van der Waals surface area contributed by atoms with Crippen molar-refractivity contribution in [1.82, 2.24) is 0 Å². The molecule has 0 aliphatic carbocycles. The third kappa shape index (κ3) is 4.12. The van der Waals surface area contributed by atoms with Gasteiger partial charge in [-0.05, 0) is 49.2 Å². The summed E-state index contributed by atoms with van der Waals surface area (Å²) in [5.74, 6) is -2.96. The monoisotopic (exact) mass is 499 g/mol. The Balaban J connectivity index is 1.35. The van der Waals surface area contributed by atoms with E-state index in [9.17, 15) is 29.3 Å². The molecule has 2 aliphatic rings. The first-order valence-corrected chi connectivity index (χ1v) is 11.5. The van der Waals surface area contributed by atoms with Crippen LogP contribution in [0.25, 0.3) is 0 Å². The Morgan fingerprint density at radius 2 is 1.76 bits per heavy atom. The van der Waals surface area contributed by atoms with Gasteiger partial charge in [-0.2, -0.15) is 0 Å². The molecule has 0 aromatic heterocycles. The van der Waals surface area contributed by atoms with Crippen LogP contribution in [-0.4, -0.2) is 35.2 Å². The molecule has 2 heterocycles. The third-order valence-corrected chi connectivity index (χ3v) is 6.50. The average Bonchev–Trinajstić information content (AvgIpc) is 3.38. The largest absolute Gasteiger partial charge is 0.426 e. The van der Waals surface area contributed by atoms with E-state index in [0.29, 0.717) is 0 Å². The molecule has 1 saturated heterocycles. The second kappa shape index (κ2) is 8.98. The summed E-state index contributed by atoms with van der Waals surface area (Å²) in [5, 5.41) is 11.4. The second-order valence-corrected chi connectivity index (χ2v) is 9.02. The van der Waals surface area contributed by atoms with Crippen LogP contribution in [0.1, 0.15) is 38.3 Å². The topological polar surface area (TPSA) is 127 Å². The van der Waals surface area contributed by atoms with E-state index in [1.165, 1.54) is 36.4 Å². The summed E-state index contributed by atoms with van der Waals surface area (Å²) >= 11 is 0. The Kier molecular flexibility index (Phi) is 5.79. The molecule has 0 unspecified atom stereocenters. The summed E-state index contributed by atoms with van der Waals surface area (Å²) in [4.78, 5) is 64.6. The molecule has 10 nitrogen and oxygen atoms in total. The average molecular weight is 499 g/mol. The fourth-order valence-electron chi connectivity index (χ4n) is 4.65. The fourth-order valence-corrected chi connectivity index (χ4v) is 4.65. The lowest BCUT2D eigenvalue weighted by molar-refractivity contribution is -0.385. The van der Waals surface area contributed by atoms with Crippen molar-refractivity contribution in [3.05, 3.63) is 93.0 Å². The molecule has 37 heavy (non-hydrogen) atoms. The highest BCUT2D eigenvalue weighted by Crippen LogP contribution is 2.35. The highest BCUT2D eigenvalue weighted by atomic mass is 16.6. The number of aryl methyl sites for hydroxylation is 2. The molecule has 5 rings (SSSR count). The number of carbonyl (C=O) groups excluding carboxylic acids is 4. The van der Waals surface area contributed by atoms with Gasteiger partial charge in [-0.25, -0.2) is 4.90 Å². The van der Waals surface area contributed by atoms with Crippen molar-refractivity contribution in [3.63, 3.8) is 0 Å². The second-order valence-electron chi connectivity index (χ2n) is 9.02. The minimum absolute atomic E-state index is 0.00597. The Bertz CT molecular complexity index is 1510. The van der Waals surface area contributed by atoms with Crippen LogP contribution in [0.5, 0.6) is 5.75 Å². The number of esters is 1. The first kappa shape index (κ1) is 23.9. The molecular weight excluding hydrogens is 478 g/mol. The number of amides is 3. The van der Waals surface area contributed by atoms with Gasteiger partial charge in [0.05, 0.1) is 22.1 Å². The van der Waals surface area contributed by atoms with Crippen LogP contribution in [0.3, 0.4) is 0 Å². The predicted octanol–water partition coefficient (Wildman–Crippen LogP) is 3.97. The summed E-state index contributed by atoms with van der Waals surface area (Å²) in [6, 6.07) is 15.4. The molecule has 0 radical (unpaired) electrons. The summed E-state index contributed by atoms with van der Waals surface area (Å²) in [6.07, 6.45) is -0.00597. The lowest BCUT2D eigenvalue weighted by Gasteiger charge is -2.19. The number of anilines is 2. The van der Waals surface area contributed by atoms with Gasteiger partial charge < -0.3 is 9.64 Å². The summed E-state index contributed by atoms with van der Waals surface area (Å²) < 4.78 is 5.52. The van der Waals surface area contributed by atoms with E-state index >= 15 is 0 Å². The van der Waals surface area contributed by atoms with Crippen LogP contribution in [-0.2, 0) is 9.59 Å². The first-order chi connectivity index (χ1) is 17.7. The van der Waals surface area contributed by atoms with E-state index < -0.39 is 34.3 Å². The van der Waals surface area contributed by atoms with Gasteiger partial charge in [0.15, 0.2) is 0 Å². The lowest BCUT2D eigenvalue weighted by atomic mass is 10.1. The zero-order chi connectivity index (χ0) is 26.4. The van der Waals surface area contributed by atoms with Crippen molar-refractivity contribution < 1.29 is 28.8 Å². The number of nitro groups is 1. The molecule has 0 saturated carbocycles. The Hall–Kier alpha value is -4.86. The third-order valence-electron chi connectivity index (χ3n) is 6.50. The normalized spacial score (nSPS) is 16.8. The van der Waals surface area contributed by atoms with Crippen molar-refractivity contribution in [1.29, 1.82) is 0 Å². The maximum atomic E-state index is 13.0. The van der Waals surface area contributed by atoms with Crippen molar-refractivity contribution in [2.75, 3.05) is 16.3 Å². The van der Waals surface area contributed by atoms with Crippen LogP contribution < -0.4 is 14.5 Å². The van der Waals surface area contributed by atoms with Crippen molar-refractivity contribution in [2.24, 2.45) is 5.92 Å². The van der Waals surface area contributed by atoms with Crippen LogP contribution in [0, 0.1) is 29.9 Å². The predicted molar refractivity (Wildman–Crippen MR) is 133 cm³/mol. The molecule has 10 heteroatoms. The van der Waals surface area contributed by atoms with Crippen LogP contribution in [0.4, 0.5) is 17.1 Å². The molecule has 0 bridgehead atoms. The van der Waals surface area contributed by atoms with Crippen LogP contribution in [0.15, 0.2) is 60.7 Å². The van der Waals surface area contributed by atoms with E-state index in [1.807, 2.05) is 32.0 Å². The Morgan fingerprint density at radius 3 is 2.51 bits per heavy atom. The van der Waals surface area contributed by atoms with Crippen LogP contribution in [0.2, 0.25) is 0 Å². The standard InChI is InChI=1S/C27H21N3O7/c1-15-9-10-16(2)22(11-15)28-14-17(12-23(28)31)27(34)37-19-6-3-5-18(13-19)29-25(32)20-7-4-8-21(30(35)36)24(20)26(29)33/h3-11,13,17H,12,14H2,1-2H3/t17-/m0/s1. The summed E-state index contributed by atoms with van der Waals surface area (Å²) in [5.41, 5.74) is 1.96. The number of ether oxygens (including phenoxy) is 1. The smallest absolute Gasteiger partial charge is 0.316 e. The van der Waals surface area contributed by atoms with Gasteiger partial charge in [0, 0.05) is 30.8 Å². The van der Waals surface area contributed by atoms with E-state index in [4.69, 9.17) is 4.74 Å². The fraction of sp³-hybridized carbons (Fsp3) is 0.185.